The second-order valence-electron chi connectivity index (χ2n) is 5.71. The number of nitrogens with zero attached hydrogens (tertiary/aromatic N) is 2. The van der Waals surface area contributed by atoms with Crippen LogP contribution in [-0.2, 0) is 11.2 Å². The first-order chi connectivity index (χ1) is 10.7. The van der Waals surface area contributed by atoms with Gasteiger partial charge in [0.2, 0.25) is 5.91 Å². The monoisotopic (exact) mass is 298 g/mol. The van der Waals surface area contributed by atoms with Crippen molar-refractivity contribution in [2.45, 2.75) is 25.2 Å². The Morgan fingerprint density at radius 2 is 2.14 bits per heavy atom. The minimum atomic E-state index is -0.169. The molecule has 0 saturated carbocycles. The van der Waals surface area contributed by atoms with Crippen LogP contribution in [0.25, 0.3) is 0 Å². The molecule has 22 heavy (non-hydrogen) atoms. The summed E-state index contributed by atoms with van der Waals surface area (Å²) >= 11 is 0. The maximum atomic E-state index is 13.8. The zero-order chi connectivity index (χ0) is 15.4. The number of aryl methyl sites for hydroxylation is 1. The average Bonchev–Trinajstić information content (AvgIpc) is 3.04. The molecule has 1 saturated heterocycles. The fourth-order valence-electron chi connectivity index (χ4n) is 3.00. The van der Waals surface area contributed by atoms with E-state index >= 15 is 0 Å². The Balaban J connectivity index is 1.56. The van der Waals surface area contributed by atoms with Gasteiger partial charge in [-0.3, -0.25) is 9.78 Å². The molecule has 114 valence electrons. The van der Waals surface area contributed by atoms with Gasteiger partial charge in [0.05, 0.1) is 0 Å². The van der Waals surface area contributed by atoms with Crippen molar-refractivity contribution in [3.8, 4) is 0 Å². The van der Waals surface area contributed by atoms with Crippen LogP contribution in [-0.4, -0.2) is 28.9 Å². The summed E-state index contributed by atoms with van der Waals surface area (Å²) < 4.78 is 13.8. The first kappa shape index (κ1) is 14.7. The highest BCUT2D eigenvalue weighted by Crippen LogP contribution is 2.29. The molecule has 0 aliphatic carbocycles. The Morgan fingerprint density at radius 3 is 2.91 bits per heavy atom. The summed E-state index contributed by atoms with van der Waals surface area (Å²) in [7, 11) is 0. The molecule has 0 N–H and O–H groups in total. The average molecular weight is 298 g/mol. The van der Waals surface area contributed by atoms with Gasteiger partial charge in [-0.15, -0.1) is 0 Å². The normalized spacial score (nSPS) is 17.7. The molecule has 4 heteroatoms. The smallest absolute Gasteiger partial charge is 0.222 e. The second-order valence-corrected chi connectivity index (χ2v) is 5.71. The minimum absolute atomic E-state index is 0.114. The summed E-state index contributed by atoms with van der Waals surface area (Å²) in [4.78, 5) is 18.2. The molecule has 1 aromatic carbocycles. The summed E-state index contributed by atoms with van der Waals surface area (Å²) in [5.41, 5.74) is 1.80. The number of hydrogen-bond donors (Lipinski definition) is 0. The molecule has 2 aromatic rings. The van der Waals surface area contributed by atoms with Gasteiger partial charge in [-0.05, 0) is 36.1 Å². The topological polar surface area (TPSA) is 33.2 Å². The van der Waals surface area contributed by atoms with E-state index in [0.29, 0.717) is 25.9 Å². The molecular weight excluding hydrogens is 279 g/mol. The van der Waals surface area contributed by atoms with Gasteiger partial charge < -0.3 is 4.90 Å². The van der Waals surface area contributed by atoms with E-state index in [2.05, 4.69) is 4.98 Å². The summed E-state index contributed by atoms with van der Waals surface area (Å²) in [6, 6.07) is 10.7. The van der Waals surface area contributed by atoms with Crippen LogP contribution in [0, 0.1) is 5.82 Å². The Labute approximate surface area is 129 Å². The van der Waals surface area contributed by atoms with Gasteiger partial charge in [0.15, 0.2) is 0 Å². The molecule has 2 heterocycles. The lowest BCUT2D eigenvalue weighted by molar-refractivity contribution is -0.130. The van der Waals surface area contributed by atoms with Gasteiger partial charge in [-0.2, -0.15) is 0 Å². The van der Waals surface area contributed by atoms with Gasteiger partial charge in [0, 0.05) is 37.8 Å². The summed E-state index contributed by atoms with van der Waals surface area (Å²) in [6.07, 6.45) is 5.53. The molecule has 1 unspecified atom stereocenters. The van der Waals surface area contributed by atoms with Crippen molar-refractivity contribution in [2.75, 3.05) is 13.1 Å². The number of benzene rings is 1. The van der Waals surface area contributed by atoms with E-state index in [1.165, 1.54) is 6.07 Å². The third kappa shape index (κ3) is 3.32. The lowest BCUT2D eigenvalue weighted by Crippen LogP contribution is -2.28. The van der Waals surface area contributed by atoms with E-state index in [-0.39, 0.29) is 17.6 Å². The Morgan fingerprint density at radius 1 is 1.27 bits per heavy atom. The molecule has 0 spiro atoms. The van der Waals surface area contributed by atoms with Crippen molar-refractivity contribution in [3.05, 3.63) is 65.7 Å². The molecule has 0 radical (unpaired) electrons. The highest BCUT2D eigenvalue weighted by Gasteiger charge is 2.28. The van der Waals surface area contributed by atoms with Crippen LogP contribution in [0.5, 0.6) is 0 Å². The van der Waals surface area contributed by atoms with Crippen LogP contribution >= 0.6 is 0 Å². The number of likely N-dealkylation sites (tertiary alicyclic amines) is 1. The van der Waals surface area contributed by atoms with Crippen LogP contribution in [0.4, 0.5) is 4.39 Å². The first-order valence-electron chi connectivity index (χ1n) is 7.65. The number of amides is 1. The molecule has 3 rings (SSSR count). The Hall–Kier alpha value is -2.23. The molecule has 1 aliphatic rings. The van der Waals surface area contributed by atoms with E-state index in [1.54, 1.807) is 18.5 Å². The lowest BCUT2D eigenvalue weighted by Gasteiger charge is -2.17. The number of aromatic nitrogens is 1. The number of pyridine rings is 1. The number of halogens is 1. The van der Waals surface area contributed by atoms with Crippen molar-refractivity contribution < 1.29 is 9.18 Å². The third-order valence-corrected chi connectivity index (χ3v) is 4.24. The minimum Gasteiger partial charge on any atom is -0.342 e. The number of rotatable bonds is 4. The molecular formula is C18H19FN2O. The molecule has 1 aromatic heterocycles. The van der Waals surface area contributed by atoms with E-state index in [0.717, 1.165) is 17.5 Å². The zero-order valence-corrected chi connectivity index (χ0v) is 12.4. The predicted octanol–water partition coefficient (Wildman–Crippen LogP) is 3.17. The summed E-state index contributed by atoms with van der Waals surface area (Å²) in [5, 5.41) is 0. The van der Waals surface area contributed by atoms with Crippen molar-refractivity contribution >= 4 is 5.91 Å². The van der Waals surface area contributed by atoms with Gasteiger partial charge in [0.25, 0.3) is 0 Å². The van der Waals surface area contributed by atoms with Gasteiger partial charge in [-0.25, -0.2) is 4.39 Å². The van der Waals surface area contributed by atoms with Crippen molar-refractivity contribution in [1.82, 2.24) is 9.88 Å². The van der Waals surface area contributed by atoms with Crippen LogP contribution in [0.1, 0.15) is 29.9 Å². The van der Waals surface area contributed by atoms with Gasteiger partial charge >= 0.3 is 0 Å². The van der Waals surface area contributed by atoms with E-state index in [4.69, 9.17) is 0 Å². The van der Waals surface area contributed by atoms with E-state index < -0.39 is 0 Å². The van der Waals surface area contributed by atoms with Gasteiger partial charge in [-0.1, -0.05) is 24.3 Å². The molecule has 0 bridgehead atoms. The molecule has 3 nitrogen and oxygen atoms in total. The van der Waals surface area contributed by atoms with Crippen molar-refractivity contribution in [2.24, 2.45) is 0 Å². The number of hydrogen-bond acceptors (Lipinski definition) is 2. The van der Waals surface area contributed by atoms with Crippen LogP contribution in [0.15, 0.2) is 48.8 Å². The van der Waals surface area contributed by atoms with Crippen molar-refractivity contribution in [1.29, 1.82) is 0 Å². The Kier molecular flexibility index (Phi) is 4.47. The van der Waals surface area contributed by atoms with E-state index in [9.17, 15) is 9.18 Å². The van der Waals surface area contributed by atoms with Gasteiger partial charge in [0.1, 0.15) is 5.82 Å². The molecule has 1 amide bonds. The molecule has 1 fully saturated rings. The SMILES string of the molecule is O=C(CCc1cccnc1)N1CCC(c2ccccc2F)C1. The molecule has 1 atom stereocenters. The Bertz CT molecular complexity index is 645. The quantitative estimate of drug-likeness (QED) is 0.868. The highest BCUT2D eigenvalue weighted by molar-refractivity contribution is 5.76. The van der Waals surface area contributed by atoms with Crippen LogP contribution in [0.2, 0.25) is 0 Å². The molecule has 1 aliphatic heterocycles. The predicted molar refractivity (Wildman–Crippen MR) is 82.9 cm³/mol. The zero-order valence-electron chi connectivity index (χ0n) is 12.4. The summed E-state index contributed by atoms with van der Waals surface area (Å²) in [6.45, 7) is 1.33. The lowest BCUT2D eigenvalue weighted by atomic mass is 9.98. The number of carbonyl (C=O) groups is 1. The summed E-state index contributed by atoms with van der Waals surface area (Å²) in [5.74, 6) is 0.0865. The van der Waals surface area contributed by atoms with E-state index in [1.807, 2.05) is 29.2 Å². The maximum absolute atomic E-state index is 13.8. The fraction of sp³-hybridized carbons (Fsp3) is 0.333. The van der Waals surface area contributed by atoms with Crippen LogP contribution < -0.4 is 0 Å². The fourth-order valence-corrected chi connectivity index (χ4v) is 3.00. The highest BCUT2D eigenvalue weighted by atomic mass is 19.1. The maximum Gasteiger partial charge on any atom is 0.222 e. The standard InChI is InChI=1S/C18H19FN2O/c19-17-6-2-1-5-16(17)15-9-11-21(13-15)18(22)8-7-14-4-3-10-20-12-14/h1-6,10,12,15H,7-9,11,13H2. The number of carbonyl (C=O) groups excluding carboxylic acids is 1. The van der Waals surface area contributed by atoms with Crippen molar-refractivity contribution in [3.63, 3.8) is 0 Å². The second kappa shape index (κ2) is 6.69. The first-order valence-corrected chi connectivity index (χ1v) is 7.65. The van der Waals surface area contributed by atoms with Crippen LogP contribution in [0.3, 0.4) is 0 Å². The largest absolute Gasteiger partial charge is 0.342 e. The third-order valence-electron chi connectivity index (χ3n) is 4.24.